The summed E-state index contributed by atoms with van der Waals surface area (Å²) in [6, 6.07) is 9.74. The molecular weight excluding hydrogens is 266 g/mol. The molecule has 3 rings (SSSR count). The van der Waals surface area contributed by atoms with E-state index in [1.807, 2.05) is 30.3 Å². The van der Waals surface area contributed by atoms with Crippen LogP contribution < -0.4 is 10.1 Å². The number of hydrogen-bond donors (Lipinski definition) is 1. The maximum Gasteiger partial charge on any atom is 0.359 e. The lowest BCUT2D eigenvalue weighted by Crippen LogP contribution is -2.28. The van der Waals surface area contributed by atoms with E-state index in [0.717, 1.165) is 25.9 Å². The summed E-state index contributed by atoms with van der Waals surface area (Å²) in [5.41, 5.74) is 0. The summed E-state index contributed by atoms with van der Waals surface area (Å²) < 4.78 is 10.8. The van der Waals surface area contributed by atoms with E-state index in [1.165, 1.54) is 0 Å². The predicted octanol–water partition coefficient (Wildman–Crippen LogP) is 2.75. The number of rotatable bonds is 3. The minimum Gasteiger partial charge on any atom is -0.422 e. The molecule has 1 aromatic carbocycles. The van der Waals surface area contributed by atoms with E-state index < -0.39 is 0 Å². The van der Waals surface area contributed by atoms with E-state index in [4.69, 9.17) is 9.26 Å². The summed E-state index contributed by atoms with van der Waals surface area (Å²) in [7, 11) is 0. The summed E-state index contributed by atoms with van der Waals surface area (Å²) >= 11 is 0. The molecule has 0 unspecified atom stereocenters. The summed E-state index contributed by atoms with van der Waals surface area (Å²) in [5.74, 6) is 1.68. The minimum absolute atomic E-state index is 0. The van der Waals surface area contributed by atoms with Crippen LogP contribution in [-0.4, -0.2) is 23.2 Å². The van der Waals surface area contributed by atoms with Crippen molar-refractivity contribution in [2.45, 2.75) is 18.8 Å². The van der Waals surface area contributed by atoms with Crippen LogP contribution in [0.4, 0.5) is 0 Å². The van der Waals surface area contributed by atoms with Gasteiger partial charge in [0.1, 0.15) is 5.75 Å². The number of nitrogens with zero attached hydrogens (tertiary/aromatic N) is 2. The Bertz CT molecular complexity index is 498. The van der Waals surface area contributed by atoms with E-state index in [0.29, 0.717) is 17.6 Å². The summed E-state index contributed by atoms with van der Waals surface area (Å²) in [4.78, 5) is 4.29. The van der Waals surface area contributed by atoms with Gasteiger partial charge in [-0.3, -0.25) is 0 Å². The van der Waals surface area contributed by atoms with Gasteiger partial charge in [0.2, 0.25) is 5.89 Å². The third-order valence-electron chi connectivity index (χ3n) is 3.02. The Balaban J connectivity index is 0.00000133. The number of hydrogen-bond acceptors (Lipinski definition) is 5. The fourth-order valence-corrected chi connectivity index (χ4v) is 2.08. The van der Waals surface area contributed by atoms with Gasteiger partial charge in [0.05, 0.1) is 5.92 Å². The Morgan fingerprint density at radius 3 is 2.84 bits per heavy atom. The topological polar surface area (TPSA) is 60.2 Å². The molecule has 1 fully saturated rings. The molecule has 1 aliphatic rings. The van der Waals surface area contributed by atoms with Gasteiger partial charge in [-0.05, 0) is 36.7 Å². The van der Waals surface area contributed by atoms with Crippen LogP contribution in [0.3, 0.4) is 0 Å². The fraction of sp³-hybridized carbons (Fsp3) is 0.385. The van der Waals surface area contributed by atoms with Crippen molar-refractivity contribution in [2.75, 3.05) is 13.1 Å². The molecule has 2 aromatic rings. The molecule has 2 heterocycles. The average Bonchev–Trinajstić information content (AvgIpc) is 2.89. The minimum atomic E-state index is 0. The van der Waals surface area contributed by atoms with E-state index in [-0.39, 0.29) is 18.4 Å². The third kappa shape index (κ3) is 3.45. The standard InChI is InChI=1S/C13H15N3O2.ClH/c1-2-6-11(7-3-1)17-13-15-12(18-16-13)10-5-4-8-14-9-10;/h1-3,6-7,10,14H,4-5,8-9H2;1H/t10-;/m0./s1. The second-order valence-electron chi connectivity index (χ2n) is 4.37. The van der Waals surface area contributed by atoms with Crippen LogP contribution in [0.2, 0.25) is 0 Å². The van der Waals surface area contributed by atoms with Gasteiger partial charge in [0, 0.05) is 6.54 Å². The van der Waals surface area contributed by atoms with Crippen molar-refractivity contribution >= 4 is 12.4 Å². The zero-order valence-corrected chi connectivity index (χ0v) is 11.2. The maximum atomic E-state index is 5.51. The molecular formula is C13H16ClN3O2. The van der Waals surface area contributed by atoms with Crippen LogP contribution in [0.15, 0.2) is 34.9 Å². The van der Waals surface area contributed by atoms with Gasteiger partial charge in [0.15, 0.2) is 0 Å². The third-order valence-corrected chi connectivity index (χ3v) is 3.02. The van der Waals surface area contributed by atoms with Gasteiger partial charge in [-0.2, -0.15) is 4.98 Å². The largest absolute Gasteiger partial charge is 0.422 e. The van der Waals surface area contributed by atoms with E-state index in [9.17, 15) is 0 Å². The fourth-order valence-electron chi connectivity index (χ4n) is 2.08. The number of para-hydroxylation sites is 1. The van der Waals surface area contributed by atoms with Crippen LogP contribution in [-0.2, 0) is 0 Å². The highest BCUT2D eigenvalue weighted by atomic mass is 35.5. The highest BCUT2D eigenvalue weighted by molar-refractivity contribution is 5.85. The Hall–Kier alpha value is -1.59. The second kappa shape index (κ2) is 6.54. The Kier molecular flexibility index (Phi) is 4.76. The highest BCUT2D eigenvalue weighted by Gasteiger charge is 2.21. The van der Waals surface area contributed by atoms with Gasteiger partial charge >= 0.3 is 6.01 Å². The lowest BCUT2D eigenvalue weighted by molar-refractivity contribution is 0.311. The molecule has 1 N–H and O–H groups in total. The number of nitrogens with one attached hydrogen (secondary N) is 1. The number of aromatic nitrogens is 2. The Morgan fingerprint density at radius 1 is 1.26 bits per heavy atom. The summed E-state index contributed by atoms with van der Waals surface area (Å²) in [5, 5.41) is 7.17. The quantitative estimate of drug-likeness (QED) is 0.937. The van der Waals surface area contributed by atoms with E-state index in [1.54, 1.807) is 0 Å². The molecule has 1 atom stereocenters. The lowest BCUT2D eigenvalue weighted by Gasteiger charge is -2.18. The van der Waals surface area contributed by atoms with Crippen molar-refractivity contribution in [3.05, 3.63) is 36.2 Å². The summed E-state index contributed by atoms with van der Waals surface area (Å²) in [6.45, 7) is 1.96. The monoisotopic (exact) mass is 281 g/mol. The van der Waals surface area contributed by atoms with Gasteiger partial charge in [-0.1, -0.05) is 18.2 Å². The van der Waals surface area contributed by atoms with Crippen molar-refractivity contribution in [3.63, 3.8) is 0 Å². The molecule has 0 spiro atoms. The first-order valence-corrected chi connectivity index (χ1v) is 6.19. The average molecular weight is 282 g/mol. The molecule has 6 heteroatoms. The van der Waals surface area contributed by atoms with Gasteiger partial charge < -0.3 is 14.6 Å². The zero-order chi connectivity index (χ0) is 12.2. The number of halogens is 1. The molecule has 1 saturated heterocycles. The normalized spacial score (nSPS) is 18.6. The van der Waals surface area contributed by atoms with Crippen LogP contribution in [0.25, 0.3) is 0 Å². The molecule has 0 aliphatic carbocycles. The maximum absolute atomic E-state index is 5.51. The molecule has 0 radical (unpaired) electrons. The van der Waals surface area contributed by atoms with Crippen molar-refractivity contribution in [1.82, 2.24) is 15.5 Å². The van der Waals surface area contributed by atoms with Gasteiger partial charge in [0.25, 0.3) is 0 Å². The molecule has 102 valence electrons. The molecule has 0 saturated carbocycles. The molecule has 1 aromatic heterocycles. The number of ether oxygens (including phenoxy) is 1. The molecule has 0 bridgehead atoms. The SMILES string of the molecule is Cl.c1ccc(Oc2noc([C@H]3CCCNC3)n2)cc1. The number of benzene rings is 1. The molecule has 0 amide bonds. The first-order valence-electron chi connectivity index (χ1n) is 6.19. The smallest absolute Gasteiger partial charge is 0.359 e. The van der Waals surface area contributed by atoms with Crippen molar-refractivity contribution < 1.29 is 9.26 Å². The molecule has 5 nitrogen and oxygen atoms in total. The second-order valence-corrected chi connectivity index (χ2v) is 4.37. The van der Waals surface area contributed by atoms with E-state index in [2.05, 4.69) is 15.5 Å². The number of piperidine rings is 1. The lowest BCUT2D eigenvalue weighted by atomic mass is 10.00. The van der Waals surface area contributed by atoms with Crippen molar-refractivity contribution in [1.29, 1.82) is 0 Å². The zero-order valence-electron chi connectivity index (χ0n) is 10.4. The van der Waals surface area contributed by atoms with Crippen LogP contribution in [0, 0.1) is 0 Å². The Labute approximate surface area is 117 Å². The van der Waals surface area contributed by atoms with Crippen molar-refractivity contribution in [3.8, 4) is 11.8 Å². The van der Waals surface area contributed by atoms with Gasteiger partial charge in [-0.25, -0.2) is 0 Å². The van der Waals surface area contributed by atoms with E-state index >= 15 is 0 Å². The highest BCUT2D eigenvalue weighted by Crippen LogP contribution is 2.24. The van der Waals surface area contributed by atoms with Gasteiger partial charge in [-0.15, -0.1) is 12.4 Å². The van der Waals surface area contributed by atoms with Crippen LogP contribution in [0.1, 0.15) is 24.7 Å². The van der Waals surface area contributed by atoms with Crippen molar-refractivity contribution in [2.24, 2.45) is 0 Å². The predicted molar refractivity (Wildman–Crippen MR) is 72.9 cm³/mol. The first kappa shape index (κ1) is 13.8. The molecule has 1 aliphatic heterocycles. The van der Waals surface area contributed by atoms with Crippen LogP contribution in [0.5, 0.6) is 11.8 Å². The summed E-state index contributed by atoms with van der Waals surface area (Å²) in [6.07, 6.45) is 2.22. The Morgan fingerprint density at radius 2 is 2.11 bits per heavy atom. The van der Waals surface area contributed by atoms with Crippen LogP contribution >= 0.6 is 12.4 Å². The first-order chi connectivity index (χ1) is 8.92. The molecule has 19 heavy (non-hydrogen) atoms.